The Morgan fingerprint density at radius 1 is 1.12 bits per heavy atom. The van der Waals surface area contributed by atoms with E-state index < -0.39 is 30.3 Å². The first-order valence-electron chi connectivity index (χ1n) is 4.99. The van der Waals surface area contributed by atoms with Crippen molar-refractivity contribution in [2.45, 2.75) is 31.5 Å². The third kappa shape index (κ3) is 4.68. The van der Waals surface area contributed by atoms with Crippen LogP contribution < -0.4 is 0 Å². The van der Waals surface area contributed by atoms with Crippen molar-refractivity contribution < 1.29 is 27.1 Å². The van der Waals surface area contributed by atoms with Crippen LogP contribution in [0.3, 0.4) is 0 Å². The molecule has 0 fully saturated rings. The second-order valence-corrected chi connectivity index (χ2v) is 3.70. The molecule has 0 aromatic heterocycles. The highest BCUT2D eigenvalue weighted by Crippen LogP contribution is 2.26. The van der Waals surface area contributed by atoms with Gasteiger partial charge in [-0.05, 0) is 30.5 Å². The lowest BCUT2D eigenvalue weighted by Crippen LogP contribution is -2.08. The Bertz CT molecular complexity index is 375. The molecular formula is C11H11F5O. The molecule has 0 aliphatic rings. The Hall–Kier alpha value is -1.17. The summed E-state index contributed by atoms with van der Waals surface area (Å²) in [5.41, 5.74) is 0.0751. The van der Waals surface area contributed by atoms with Crippen molar-refractivity contribution in [1.29, 1.82) is 0 Å². The lowest BCUT2D eigenvalue weighted by Gasteiger charge is -2.12. The molecule has 96 valence electrons. The van der Waals surface area contributed by atoms with Crippen LogP contribution in [0.25, 0.3) is 0 Å². The van der Waals surface area contributed by atoms with Gasteiger partial charge in [0.15, 0.2) is 11.6 Å². The Morgan fingerprint density at radius 2 is 1.76 bits per heavy atom. The number of aliphatic hydroxyl groups excluding tert-OH is 1. The van der Waals surface area contributed by atoms with Crippen LogP contribution in [0.1, 0.15) is 30.9 Å². The van der Waals surface area contributed by atoms with Crippen LogP contribution in [0.15, 0.2) is 18.2 Å². The van der Waals surface area contributed by atoms with Crippen molar-refractivity contribution in [3.8, 4) is 0 Å². The van der Waals surface area contributed by atoms with Gasteiger partial charge in [-0.25, -0.2) is 8.78 Å². The maximum Gasteiger partial charge on any atom is 0.389 e. The molecule has 0 saturated heterocycles. The lowest BCUT2D eigenvalue weighted by atomic mass is 10.0. The van der Waals surface area contributed by atoms with Crippen molar-refractivity contribution in [3.63, 3.8) is 0 Å². The van der Waals surface area contributed by atoms with E-state index in [1.54, 1.807) is 0 Å². The number of rotatable bonds is 4. The second kappa shape index (κ2) is 5.44. The molecule has 1 atom stereocenters. The minimum Gasteiger partial charge on any atom is -0.388 e. The van der Waals surface area contributed by atoms with E-state index in [4.69, 9.17) is 0 Å². The molecule has 1 nitrogen and oxygen atoms in total. The summed E-state index contributed by atoms with van der Waals surface area (Å²) in [5.74, 6) is -2.19. The highest BCUT2D eigenvalue weighted by atomic mass is 19.4. The van der Waals surface area contributed by atoms with Crippen LogP contribution in [0.2, 0.25) is 0 Å². The maximum absolute atomic E-state index is 12.8. The molecule has 1 aromatic rings. The zero-order valence-electron chi connectivity index (χ0n) is 8.77. The van der Waals surface area contributed by atoms with Gasteiger partial charge in [0, 0.05) is 6.42 Å². The van der Waals surface area contributed by atoms with Gasteiger partial charge >= 0.3 is 6.18 Å². The van der Waals surface area contributed by atoms with Gasteiger partial charge in [0.2, 0.25) is 0 Å². The van der Waals surface area contributed by atoms with E-state index in [0.29, 0.717) is 0 Å². The molecule has 1 aromatic carbocycles. The number of alkyl halides is 3. The SMILES string of the molecule is OC(CCCC(F)(F)F)c1ccc(F)c(F)c1. The molecular weight excluding hydrogens is 243 g/mol. The fraction of sp³-hybridized carbons (Fsp3) is 0.455. The van der Waals surface area contributed by atoms with Gasteiger partial charge in [0.25, 0.3) is 0 Å². The largest absolute Gasteiger partial charge is 0.389 e. The molecule has 0 heterocycles. The molecule has 0 bridgehead atoms. The van der Waals surface area contributed by atoms with Crippen LogP contribution in [0.4, 0.5) is 22.0 Å². The van der Waals surface area contributed by atoms with Gasteiger partial charge in [0.05, 0.1) is 6.10 Å². The molecule has 0 saturated carbocycles. The third-order valence-corrected chi connectivity index (χ3v) is 2.27. The Labute approximate surface area is 94.9 Å². The average molecular weight is 254 g/mol. The highest BCUT2D eigenvalue weighted by molar-refractivity contribution is 5.19. The van der Waals surface area contributed by atoms with Crippen molar-refractivity contribution in [2.75, 3.05) is 0 Å². The van der Waals surface area contributed by atoms with Crippen LogP contribution in [-0.2, 0) is 0 Å². The van der Waals surface area contributed by atoms with Crippen LogP contribution >= 0.6 is 0 Å². The molecule has 0 aliphatic heterocycles. The van der Waals surface area contributed by atoms with Gasteiger partial charge in [-0.15, -0.1) is 0 Å². The standard InChI is InChI=1S/C11H11F5O/c12-8-4-3-7(6-9(8)13)10(17)2-1-5-11(14,15)16/h3-4,6,10,17H,1-2,5H2. The average Bonchev–Trinajstić information content (AvgIpc) is 2.20. The number of hydrogen-bond donors (Lipinski definition) is 1. The molecule has 0 spiro atoms. The maximum atomic E-state index is 12.8. The lowest BCUT2D eigenvalue weighted by molar-refractivity contribution is -0.136. The highest BCUT2D eigenvalue weighted by Gasteiger charge is 2.26. The zero-order valence-corrected chi connectivity index (χ0v) is 8.77. The summed E-state index contributed by atoms with van der Waals surface area (Å²) in [7, 11) is 0. The normalized spacial score (nSPS) is 13.8. The quantitative estimate of drug-likeness (QED) is 0.812. The van der Waals surface area contributed by atoms with E-state index in [-0.39, 0.29) is 18.4 Å². The minimum atomic E-state index is -4.27. The number of benzene rings is 1. The van der Waals surface area contributed by atoms with Gasteiger partial charge in [-0.3, -0.25) is 0 Å². The topological polar surface area (TPSA) is 20.2 Å². The van der Waals surface area contributed by atoms with Crippen molar-refractivity contribution in [1.82, 2.24) is 0 Å². The molecule has 6 heteroatoms. The molecule has 0 aliphatic carbocycles. The van der Waals surface area contributed by atoms with Crippen LogP contribution in [0, 0.1) is 11.6 Å². The summed E-state index contributed by atoms with van der Waals surface area (Å²) in [5, 5.41) is 9.48. The van der Waals surface area contributed by atoms with E-state index in [1.165, 1.54) is 0 Å². The predicted molar refractivity (Wildman–Crippen MR) is 51.2 cm³/mol. The molecule has 0 radical (unpaired) electrons. The van der Waals surface area contributed by atoms with E-state index in [2.05, 4.69) is 0 Å². The van der Waals surface area contributed by atoms with Crippen molar-refractivity contribution >= 4 is 0 Å². The summed E-state index contributed by atoms with van der Waals surface area (Å²) in [6.07, 6.45) is -6.90. The number of aliphatic hydroxyl groups is 1. The van der Waals surface area contributed by atoms with E-state index in [1.807, 2.05) is 0 Å². The minimum absolute atomic E-state index is 0.0751. The predicted octanol–water partition coefficient (Wildman–Crippen LogP) is 3.73. The first-order chi connectivity index (χ1) is 7.79. The number of hydrogen-bond acceptors (Lipinski definition) is 1. The van der Waals surface area contributed by atoms with Crippen LogP contribution in [-0.4, -0.2) is 11.3 Å². The van der Waals surface area contributed by atoms with E-state index in [0.717, 1.165) is 18.2 Å². The van der Waals surface area contributed by atoms with Gasteiger partial charge in [0.1, 0.15) is 0 Å². The summed E-state index contributed by atoms with van der Waals surface area (Å²) in [4.78, 5) is 0. The molecule has 0 amide bonds. The summed E-state index contributed by atoms with van der Waals surface area (Å²) < 4.78 is 60.9. The Kier molecular flexibility index (Phi) is 4.45. The van der Waals surface area contributed by atoms with Gasteiger partial charge < -0.3 is 5.11 Å². The zero-order chi connectivity index (χ0) is 13.1. The molecule has 1 unspecified atom stereocenters. The molecule has 1 rings (SSSR count). The van der Waals surface area contributed by atoms with Crippen molar-refractivity contribution in [2.24, 2.45) is 0 Å². The van der Waals surface area contributed by atoms with Gasteiger partial charge in [-0.2, -0.15) is 13.2 Å². The second-order valence-electron chi connectivity index (χ2n) is 3.70. The van der Waals surface area contributed by atoms with E-state index in [9.17, 15) is 27.1 Å². The smallest absolute Gasteiger partial charge is 0.388 e. The van der Waals surface area contributed by atoms with E-state index >= 15 is 0 Å². The third-order valence-electron chi connectivity index (χ3n) is 2.27. The summed E-state index contributed by atoms with van der Waals surface area (Å²) in [6.45, 7) is 0. The number of halogens is 5. The fourth-order valence-electron chi connectivity index (χ4n) is 1.38. The molecule has 17 heavy (non-hydrogen) atoms. The van der Waals surface area contributed by atoms with Crippen molar-refractivity contribution in [3.05, 3.63) is 35.4 Å². The summed E-state index contributed by atoms with van der Waals surface area (Å²) in [6, 6.07) is 2.77. The monoisotopic (exact) mass is 254 g/mol. The summed E-state index contributed by atoms with van der Waals surface area (Å²) >= 11 is 0. The van der Waals surface area contributed by atoms with Crippen LogP contribution in [0.5, 0.6) is 0 Å². The first kappa shape index (κ1) is 13.9. The Balaban J connectivity index is 2.52. The first-order valence-corrected chi connectivity index (χ1v) is 4.99. The Morgan fingerprint density at radius 3 is 2.29 bits per heavy atom. The molecule has 1 N–H and O–H groups in total. The van der Waals surface area contributed by atoms with Gasteiger partial charge in [-0.1, -0.05) is 6.07 Å². The fourth-order valence-corrected chi connectivity index (χ4v) is 1.38.